The zero-order valence-corrected chi connectivity index (χ0v) is 8.07. The lowest BCUT2D eigenvalue weighted by atomic mass is 10.2. The molecule has 0 radical (unpaired) electrons. The van der Waals surface area contributed by atoms with Crippen molar-refractivity contribution >= 4 is 31.9 Å². The molecule has 2 unspecified atom stereocenters. The molecule has 0 amide bonds. The van der Waals surface area contributed by atoms with Crippen LogP contribution in [0.2, 0.25) is 0 Å². The number of alkyl halides is 2. The van der Waals surface area contributed by atoms with Crippen molar-refractivity contribution in [3.8, 4) is 0 Å². The van der Waals surface area contributed by atoms with Crippen molar-refractivity contribution in [3.05, 3.63) is 12.7 Å². The molecule has 0 bridgehead atoms. The summed E-state index contributed by atoms with van der Waals surface area (Å²) in [7, 11) is 0. The maximum Gasteiger partial charge on any atom is 0.0333 e. The van der Waals surface area contributed by atoms with Gasteiger partial charge in [-0.2, -0.15) is 0 Å². The molecule has 2 heteroatoms. The van der Waals surface area contributed by atoms with Gasteiger partial charge in [-0.25, -0.2) is 0 Å². The van der Waals surface area contributed by atoms with E-state index in [0.29, 0.717) is 9.65 Å². The van der Waals surface area contributed by atoms with E-state index in [1.807, 2.05) is 6.08 Å². The van der Waals surface area contributed by atoms with Crippen LogP contribution in [-0.4, -0.2) is 9.65 Å². The van der Waals surface area contributed by atoms with Crippen molar-refractivity contribution in [2.75, 3.05) is 0 Å². The van der Waals surface area contributed by atoms with Crippen molar-refractivity contribution in [1.29, 1.82) is 0 Å². The van der Waals surface area contributed by atoms with Gasteiger partial charge in [-0.3, -0.25) is 0 Å². The van der Waals surface area contributed by atoms with Crippen LogP contribution >= 0.6 is 31.9 Å². The van der Waals surface area contributed by atoms with Crippen molar-refractivity contribution < 1.29 is 0 Å². The maximum atomic E-state index is 3.65. The summed E-state index contributed by atoms with van der Waals surface area (Å²) in [4.78, 5) is 1.03. The van der Waals surface area contributed by atoms with Crippen LogP contribution in [0.15, 0.2) is 12.7 Å². The third-order valence-electron chi connectivity index (χ3n) is 0.806. The molecule has 0 aliphatic rings. The van der Waals surface area contributed by atoms with Crippen molar-refractivity contribution in [2.45, 2.75) is 23.0 Å². The van der Waals surface area contributed by atoms with Gasteiger partial charge >= 0.3 is 0 Å². The second-order valence-electron chi connectivity index (χ2n) is 1.77. The Kier molecular flexibility index (Phi) is 4.97. The molecule has 0 aromatic carbocycles. The molecule has 0 rings (SSSR count). The smallest absolute Gasteiger partial charge is 0.0333 e. The maximum absolute atomic E-state index is 3.65. The average molecular weight is 242 g/mol. The molecule has 0 heterocycles. The van der Waals surface area contributed by atoms with Gasteiger partial charge in [0.25, 0.3) is 0 Å². The Morgan fingerprint density at radius 2 is 2.12 bits per heavy atom. The summed E-state index contributed by atoms with van der Waals surface area (Å²) in [6.45, 7) is 5.77. The third kappa shape index (κ3) is 4.85. The van der Waals surface area contributed by atoms with Crippen LogP contribution in [0.3, 0.4) is 0 Å². The predicted molar refractivity (Wildman–Crippen MR) is 45.9 cm³/mol. The van der Waals surface area contributed by atoms with Crippen molar-refractivity contribution in [1.82, 2.24) is 0 Å². The number of hydrogen-bond acceptors (Lipinski definition) is 0. The minimum atomic E-state index is 0.455. The van der Waals surface area contributed by atoms with Gasteiger partial charge in [-0.1, -0.05) is 44.9 Å². The van der Waals surface area contributed by atoms with Gasteiger partial charge in [0.05, 0.1) is 0 Å². The van der Waals surface area contributed by atoms with Gasteiger partial charge < -0.3 is 0 Å². The quantitative estimate of drug-likeness (QED) is 0.526. The van der Waals surface area contributed by atoms with E-state index in [0.717, 1.165) is 6.42 Å². The highest BCUT2D eigenvalue weighted by atomic mass is 79.9. The van der Waals surface area contributed by atoms with Crippen LogP contribution in [0.25, 0.3) is 0 Å². The SMILES string of the molecule is C=CC(Br)CC(C)Br. The standard InChI is InChI=1S/C6H10Br2/c1-3-6(8)4-5(2)7/h3,5-6H,1,4H2,2H3. The van der Waals surface area contributed by atoms with Crippen LogP contribution in [0.4, 0.5) is 0 Å². The van der Waals surface area contributed by atoms with Gasteiger partial charge in [0.15, 0.2) is 0 Å². The summed E-state index contributed by atoms with van der Waals surface area (Å²) >= 11 is 6.87. The summed E-state index contributed by atoms with van der Waals surface area (Å²) in [5.41, 5.74) is 0. The molecule has 0 saturated carbocycles. The Balaban J connectivity index is 3.23. The summed E-state index contributed by atoms with van der Waals surface area (Å²) in [6.07, 6.45) is 3.00. The molecular formula is C6H10Br2. The number of rotatable bonds is 3. The van der Waals surface area contributed by atoms with Crippen LogP contribution in [0.5, 0.6) is 0 Å². The molecule has 0 spiro atoms. The molecule has 0 aromatic rings. The van der Waals surface area contributed by atoms with Gasteiger partial charge in [0.2, 0.25) is 0 Å². The van der Waals surface area contributed by atoms with E-state index in [1.165, 1.54) is 0 Å². The summed E-state index contributed by atoms with van der Waals surface area (Å²) in [5.74, 6) is 0. The fraction of sp³-hybridized carbons (Fsp3) is 0.667. The number of halogens is 2. The molecule has 2 atom stereocenters. The van der Waals surface area contributed by atoms with Gasteiger partial charge in [0.1, 0.15) is 0 Å². The highest BCUT2D eigenvalue weighted by Gasteiger charge is 2.01. The topological polar surface area (TPSA) is 0 Å². The van der Waals surface area contributed by atoms with Crippen LogP contribution in [0.1, 0.15) is 13.3 Å². The molecular weight excluding hydrogens is 232 g/mol. The highest BCUT2D eigenvalue weighted by molar-refractivity contribution is 9.10. The zero-order valence-electron chi connectivity index (χ0n) is 4.90. The normalized spacial score (nSPS) is 17.4. The van der Waals surface area contributed by atoms with Gasteiger partial charge in [-0.15, -0.1) is 6.58 Å². The fourth-order valence-electron chi connectivity index (χ4n) is 0.407. The molecule has 0 fully saturated rings. The molecule has 0 aromatic heterocycles. The van der Waals surface area contributed by atoms with E-state index in [2.05, 4.69) is 45.4 Å². The fourth-order valence-corrected chi connectivity index (χ4v) is 1.87. The van der Waals surface area contributed by atoms with Crippen LogP contribution in [-0.2, 0) is 0 Å². The lowest BCUT2D eigenvalue weighted by molar-refractivity contribution is 0.868. The summed E-state index contributed by atoms with van der Waals surface area (Å²) in [6, 6.07) is 0. The molecule has 0 N–H and O–H groups in total. The van der Waals surface area contributed by atoms with Gasteiger partial charge in [0, 0.05) is 9.65 Å². The second kappa shape index (κ2) is 4.57. The zero-order chi connectivity index (χ0) is 6.57. The van der Waals surface area contributed by atoms with Crippen LogP contribution in [0, 0.1) is 0 Å². The van der Waals surface area contributed by atoms with Crippen molar-refractivity contribution in [3.63, 3.8) is 0 Å². The van der Waals surface area contributed by atoms with E-state index in [4.69, 9.17) is 0 Å². The second-order valence-corrected chi connectivity index (χ2v) is 4.51. The third-order valence-corrected chi connectivity index (χ3v) is 1.93. The Morgan fingerprint density at radius 3 is 2.25 bits per heavy atom. The molecule has 0 aliphatic heterocycles. The Bertz CT molecular complexity index is 68.9. The minimum absolute atomic E-state index is 0.455. The lowest BCUT2D eigenvalue weighted by Gasteiger charge is -2.03. The summed E-state index contributed by atoms with van der Waals surface area (Å²) in [5, 5.41) is 0. The van der Waals surface area contributed by atoms with Crippen LogP contribution < -0.4 is 0 Å². The Labute approximate surface area is 67.6 Å². The van der Waals surface area contributed by atoms with E-state index >= 15 is 0 Å². The molecule has 0 saturated heterocycles. The van der Waals surface area contributed by atoms with Crippen molar-refractivity contribution in [2.24, 2.45) is 0 Å². The Hall–Kier alpha value is 0.700. The molecule has 48 valence electrons. The van der Waals surface area contributed by atoms with E-state index in [-0.39, 0.29) is 0 Å². The van der Waals surface area contributed by atoms with E-state index < -0.39 is 0 Å². The van der Waals surface area contributed by atoms with E-state index in [1.54, 1.807) is 0 Å². The predicted octanol–water partition coefficient (Wildman–Crippen LogP) is 3.11. The lowest BCUT2D eigenvalue weighted by Crippen LogP contribution is -1.99. The van der Waals surface area contributed by atoms with Gasteiger partial charge in [-0.05, 0) is 6.42 Å². The minimum Gasteiger partial charge on any atom is -0.102 e. The first-order chi connectivity index (χ1) is 3.66. The molecule has 8 heavy (non-hydrogen) atoms. The van der Waals surface area contributed by atoms with E-state index in [9.17, 15) is 0 Å². The number of allylic oxidation sites excluding steroid dienone is 1. The first-order valence-electron chi connectivity index (χ1n) is 2.57. The summed E-state index contributed by atoms with van der Waals surface area (Å²) < 4.78 is 0. The molecule has 0 aliphatic carbocycles. The average Bonchev–Trinajstić information content (AvgIpc) is 1.65. The first kappa shape index (κ1) is 8.70. The first-order valence-corrected chi connectivity index (χ1v) is 4.40. The largest absolute Gasteiger partial charge is 0.102 e. The highest BCUT2D eigenvalue weighted by Crippen LogP contribution is 2.13. The number of hydrogen-bond donors (Lipinski definition) is 0. The Morgan fingerprint density at radius 1 is 1.62 bits per heavy atom. The molecule has 0 nitrogen and oxygen atoms in total. The monoisotopic (exact) mass is 240 g/mol.